The summed E-state index contributed by atoms with van der Waals surface area (Å²) in [4.78, 5) is 12.0. The van der Waals surface area contributed by atoms with Crippen molar-refractivity contribution in [3.63, 3.8) is 0 Å². The van der Waals surface area contributed by atoms with Gasteiger partial charge in [0.05, 0.1) is 5.69 Å². The van der Waals surface area contributed by atoms with Crippen LogP contribution in [-0.4, -0.2) is 18.0 Å². The molecule has 0 aliphatic carbocycles. The van der Waals surface area contributed by atoms with Gasteiger partial charge in [-0.3, -0.25) is 4.79 Å². The van der Waals surface area contributed by atoms with Gasteiger partial charge in [-0.1, -0.05) is 11.6 Å². The topological polar surface area (TPSA) is 41.1 Å². The highest BCUT2D eigenvalue weighted by Gasteiger charge is 2.34. The predicted molar refractivity (Wildman–Crippen MR) is 77.3 cm³/mol. The van der Waals surface area contributed by atoms with E-state index in [1.54, 1.807) is 0 Å². The summed E-state index contributed by atoms with van der Waals surface area (Å²) in [6, 6.07) is 5.31. The molecule has 2 fully saturated rings. The van der Waals surface area contributed by atoms with Crippen LogP contribution in [0.5, 0.6) is 0 Å². The van der Waals surface area contributed by atoms with Crippen LogP contribution in [0.15, 0.2) is 18.2 Å². The molecule has 3 nitrogen and oxygen atoms in total. The van der Waals surface area contributed by atoms with Crippen molar-refractivity contribution < 1.29 is 9.18 Å². The SMILES string of the molecule is O=C(CC1CC2CCC(C1)N2)Nc1cc(Cl)ccc1F. The van der Waals surface area contributed by atoms with E-state index in [1.165, 1.54) is 31.0 Å². The molecule has 2 aliphatic heterocycles. The molecule has 2 heterocycles. The fourth-order valence-electron chi connectivity index (χ4n) is 3.40. The average molecular weight is 297 g/mol. The van der Waals surface area contributed by atoms with Gasteiger partial charge in [-0.25, -0.2) is 4.39 Å². The molecule has 2 atom stereocenters. The molecule has 2 bridgehead atoms. The highest BCUT2D eigenvalue weighted by molar-refractivity contribution is 6.30. The highest BCUT2D eigenvalue weighted by atomic mass is 35.5. The molecule has 0 radical (unpaired) electrons. The van der Waals surface area contributed by atoms with Gasteiger partial charge in [-0.2, -0.15) is 0 Å². The summed E-state index contributed by atoms with van der Waals surface area (Å²) in [5.41, 5.74) is 0.166. The summed E-state index contributed by atoms with van der Waals surface area (Å²) in [7, 11) is 0. The van der Waals surface area contributed by atoms with E-state index in [-0.39, 0.29) is 11.6 Å². The van der Waals surface area contributed by atoms with Gasteiger partial charge in [0, 0.05) is 23.5 Å². The molecule has 5 heteroatoms. The lowest BCUT2D eigenvalue weighted by molar-refractivity contribution is -0.117. The Hall–Kier alpha value is -1.13. The third kappa shape index (κ3) is 3.13. The summed E-state index contributed by atoms with van der Waals surface area (Å²) >= 11 is 5.81. The van der Waals surface area contributed by atoms with Crippen molar-refractivity contribution in [2.24, 2.45) is 5.92 Å². The second-order valence-corrected chi connectivity index (χ2v) is 6.29. The van der Waals surface area contributed by atoms with Crippen molar-refractivity contribution in [3.05, 3.63) is 29.0 Å². The smallest absolute Gasteiger partial charge is 0.224 e. The van der Waals surface area contributed by atoms with Gasteiger partial charge in [0.15, 0.2) is 0 Å². The maximum atomic E-state index is 13.6. The molecule has 3 rings (SSSR count). The van der Waals surface area contributed by atoms with Crippen LogP contribution < -0.4 is 10.6 Å². The fourth-order valence-corrected chi connectivity index (χ4v) is 3.57. The van der Waals surface area contributed by atoms with E-state index in [0.29, 0.717) is 29.4 Å². The molecule has 108 valence electrons. The number of rotatable bonds is 3. The number of carbonyl (C=O) groups is 1. The van der Waals surface area contributed by atoms with Crippen LogP contribution in [0.1, 0.15) is 32.1 Å². The van der Waals surface area contributed by atoms with Gasteiger partial charge in [-0.05, 0) is 49.8 Å². The normalized spacial score (nSPS) is 28.4. The lowest BCUT2D eigenvalue weighted by Gasteiger charge is -2.28. The molecule has 20 heavy (non-hydrogen) atoms. The Morgan fingerprint density at radius 3 is 2.75 bits per heavy atom. The number of carbonyl (C=O) groups excluding carboxylic acids is 1. The van der Waals surface area contributed by atoms with E-state index in [9.17, 15) is 9.18 Å². The standard InChI is InChI=1S/C15H18ClFN2O/c16-10-1-4-13(17)14(8-10)19-15(20)7-9-5-11-2-3-12(6-9)18-11/h1,4,8-9,11-12,18H,2-3,5-7H2,(H,19,20). The van der Waals surface area contributed by atoms with Gasteiger partial charge in [-0.15, -0.1) is 0 Å². The zero-order valence-corrected chi connectivity index (χ0v) is 11.9. The largest absolute Gasteiger partial charge is 0.324 e. The fraction of sp³-hybridized carbons (Fsp3) is 0.533. The first-order chi connectivity index (χ1) is 9.60. The third-order valence-electron chi connectivity index (χ3n) is 4.25. The second-order valence-electron chi connectivity index (χ2n) is 5.85. The van der Waals surface area contributed by atoms with Crippen molar-refractivity contribution in [2.45, 2.75) is 44.2 Å². The molecule has 0 spiro atoms. The minimum atomic E-state index is -0.451. The van der Waals surface area contributed by atoms with E-state index < -0.39 is 5.82 Å². The number of hydrogen-bond acceptors (Lipinski definition) is 2. The summed E-state index contributed by atoms with van der Waals surface area (Å²) in [5, 5.41) is 6.60. The number of fused-ring (bicyclic) bond motifs is 2. The van der Waals surface area contributed by atoms with Gasteiger partial charge < -0.3 is 10.6 Å². The summed E-state index contributed by atoms with van der Waals surface area (Å²) in [6.07, 6.45) is 4.97. The zero-order chi connectivity index (χ0) is 14.1. The molecular weight excluding hydrogens is 279 g/mol. The number of amides is 1. The number of nitrogens with one attached hydrogen (secondary N) is 2. The molecule has 2 unspecified atom stereocenters. The van der Waals surface area contributed by atoms with Crippen LogP contribution in [-0.2, 0) is 4.79 Å². The van der Waals surface area contributed by atoms with Crippen LogP contribution in [0, 0.1) is 11.7 Å². The van der Waals surface area contributed by atoms with Crippen molar-refractivity contribution in [1.29, 1.82) is 0 Å². The van der Waals surface area contributed by atoms with E-state index >= 15 is 0 Å². The van der Waals surface area contributed by atoms with E-state index in [0.717, 1.165) is 12.8 Å². The molecule has 0 aromatic heterocycles. The van der Waals surface area contributed by atoms with Gasteiger partial charge >= 0.3 is 0 Å². The molecule has 0 saturated carbocycles. The summed E-state index contributed by atoms with van der Waals surface area (Å²) < 4.78 is 13.6. The maximum Gasteiger partial charge on any atom is 0.224 e. The molecule has 1 aromatic rings. The van der Waals surface area contributed by atoms with Crippen LogP contribution in [0.4, 0.5) is 10.1 Å². The second kappa shape index (κ2) is 5.70. The maximum absolute atomic E-state index is 13.6. The van der Waals surface area contributed by atoms with Crippen LogP contribution in [0.2, 0.25) is 5.02 Å². The molecule has 2 N–H and O–H groups in total. The van der Waals surface area contributed by atoms with Crippen LogP contribution >= 0.6 is 11.6 Å². The predicted octanol–water partition coefficient (Wildman–Crippen LogP) is 3.34. The first-order valence-electron chi connectivity index (χ1n) is 7.11. The lowest BCUT2D eigenvalue weighted by Crippen LogP contribution is -2.39. The first-order valence-corrected chi connectivity index (χ1v) is 7.49. The van der Waals surface area contributed by atoms with Crippen molar-refractivity contribution >= 4 is 23.2 Å². The minimum absolute atomic E-state index is 0.127. The number of benzene rings is 1. The summed E-state index contributed by atoms with van der Waals surface area (Å²) in [6.45, 7) is 0. The highest BCUT2D eigenvalue weighted by Crippen LogP contribution is 2.33. The van der Waals surface area contributed by atoms with E-state index in [4.69, 9.17) is 11.6 Å². The lowest BCUT2D eigenvalue weighted by atomic mass is 9.89. The Morgan fingerprint density at radius 1 is 1.35 bits per heavy atom. The third-order valence-corrected chi connectivity index (χ3v) is 4.48. The Balaban J connectivity index is 1.58. The number of anilines is 1. The van der Waals surface area contributed by atoms with E-state index in [1.807, 2.05) is 0 Å². The molecular formula is C15H18ClFN2O. The number of hydrogen-bond donors (Lipinski definition) is 2. The van der Waals surface area contributed by atoms with E-state index in [2.05, 4.69) is 10.6 Å². The van der Waals surface area contributed by atoms with Gasteiger partial charge in [0.25, 0.3) is 0 Å². The Kier molecular flexibility index (Phi) is 3.94. The molecule has 2 saturated heterocycles. The van der Waals surface area contributed by atoms with Crippen molar-refractivity contribution in [3.8, 4) is 0 Å². The number of piperidine rings is 1. The molecule has 2 aliphatic rings. The molecule has 1 amide bonds. The van der Waals surface area contributed by atoms with Gasteiger partial charge in [0.2, 0.25) is 5.91 Å². The van der Waals surface area contributed by atoms with Crippen LogP contribution in [0.3, 0.4) is 0 Å². The zero-order valence-electron chi connectivity index (χ0n) is 11.2. The first kappa shape index (κ1) is 13.8. The summed E-state index contributed by atoms with van der Waals surface area (Å²) in [5.74, 6) is -0.179. The Morgan fingerprint density at radius 2 is 2.05 bits per heavy atom. The van der Waals surface area contributed by atoms with Crippen LogP contribution in [0.25, 0.3) is 0 Å². The van der Waals surface area contributed by atoms with Crippen molar-refractivity contribution in [1.82, 2.24) is 5.32 Å². The number of halogens is 2. The minimum Gasteiger partial charge on any atom is -0.324 e. The Labute approximate surface area is 122 Å². The van der Waals surface area contributed by atoms with Crippen molar-refractivity contribution in [2.75, 3.05) is 5.32 Å². The molecule has 1 aromatic carbocycles. The Bertz CT molecular complexity index is 511. The average Bonchev–Trinajstić information content (AvgIpc) is 2.73. The monoisotopic (exact) mass is 296 g/mol. The van der Waals surface area contributed by atoms with Gasteiger partial charge in [0.1, 0.15) is 5.82 Å². The quantitative estimate of drug-likeness (QED) is 0.898.